The highest BCUT2D eigenvalue weighted by Crippen LogP contribution is 2.46. The van der Waals surface area contributed by atoms with Crippen LogP contribution in [0.25, 0.3) is 0 Å². The van der Waals surface area contributed by atoms with Crippen molar-refractivity contribution in [3.05, 3.63) is 51.0 Å². The van der Waals surface area contributed by atoms with Crippen LogP contribution in [0.2, 0.25) is 0 Å². The lowest BCUT2D eigenvalue weighted by atomic mass is 9.63. The minimum atomic E-state index is -1.23. The molecule has 1 fully saturated rings. The fourth-order valence-electron chi connectivity index (χ4n) is 3.27. The van der Waals surface area contributed by atoms with E-state index in [-0.39, 0.29) is 10.4 Å². The maximum atomic E-state index is 14.2. The standard InChI is InChI=1S/C18H18F2N2O3S/c1-9-14(16(23)24)26-15(21-9)10(2)22-17(25)18(7-4-8-18)13-11(19)5-3-6-12(13)20/h3,5-6,10H,4,7-8H2,1-2H3,(H,22,25)(H,23,24). The quantitative estimate of drug-likeness (QED) is 0.828. The van der Waals surface area contributed by atoms with Crippen LogP contribution in [0.15, 0.2) is 18.2 Å². The summed E-state index contributed by atoms with van der Waals surface area (Å²) in [5.41, 5.74) is -1.05. The highest BCUT2D eigenvalue weighted by molar-refractivity contribution is 7.13. The van der Waals surface area contributed by atoms with Crippen LogP contribution in [0.3, 0.4) is 0 Å². The number of carboxylic acids is 1. The van der Waals surface area contributed by atoms with Gasteiger partial charge in [-0.05, 0) is 38.8 Å². The third kappa shape index (κ3) is 2.98. The lowest BCUT2D eigenvalue weighted by Gasteiger charge is -2.41. The third-order valence-corrected chi connectivity index (χ3v) is 6.14. The first kappa shape index (κ1) is 18.4. The second-order valence-corrected chi connectivity index (χ2v) is 7.53. The summed E-state index contributed by atoms with van der Waals surface area (Å²) in [5.74, 6) is -3.00. The molecule has 1 atom stereocenters. The van der Waals surface area contributed by atoms with Gasteiger partial charge in [-0.1, -0.05) is 12.5 Å². The van der Waals surface area contributed by atoms with Crippen LogP contribution < -0.4 is 5.32 Å². The molecule has 3 rings (SSSR count). The van der Waals surface area contributed by atoms with E-state index in [1.807, 2.05) is 0 Å². The summed E-state index contributed by atoms with van der Waals surface area (Å²) >= 11 is 0.983. The molecule has 8 heteroatoms. The second-order valence-electron chi connectivity index (χ2n) is 6.50. The summed E-state index contributed by atoms with van der Waals surface area (Å²) in [6, 6.07) is 3.01. The molecule has 0 bridgehead atoms. The Balaban J connectivity index is 1.86. The molecule has 5 nitrogen and oxygen atoms in total. The van der Waals surface area contributed by atoms with E-state index in [2.05, 4.69) is 10.3 Å². The Hall–Kier alpha value is -2.35. The number of carbonyl (C=O) groups is 2. The van der Waals surface area contributed by atoms with Crippen LogP contribution in [-0.2, 0) is 10.2 Å². The van der Waals surface area contributed by atoms with Crippen LogP contribution in [0.1, 0.15) is 58.2 Å². The third-order valence-electron chi connectivity index (χ3n) is 4.81. The van der Waals surface area contributed by atoms with E-state index >= 15 is 0 Å². The summed E-state index contributed by atoms with van der Waals surface area (Å²) in [6.45, 7) is 3.26. The Morgan fingerprint density at radius 2 is 1.92 bits per heavy atom. The molecule has 1 aromatic heterocycles. The zero-order chi connectivity index (χ0) is 19.1. The zero-order valence-electron chi connectivity index (χ0n) is 14.3. The maximum Gasteiger partial charge on any atom is 0.347 e. The molecular weight excluding hydrogens is 362 g/mol. The van der Waals surface area contributed by atoms with E-state index in [0.717, 1.165) is 23.5 Å². The van der Waals surface area contributed by atoms with Gasteiger partial charge >= 0.3 is 5.97 Å². The number of halogens is 2. The van der Waals surface area contributed by atoms with E-state index in [1.165, 1.54) is 6.07 Å². The number of hydrogen-bond acceptors (Lipinski definition) is 4. The van der Waals surface area contributed by atoms with Crippen LogP contribution in [0.5, 0.6) is 0 Å². The summed E-state index contributed by atoms with van der Waals surface area (Å²) in [4.78, 5) is 28.3. The van der Waals surface area contributed by atoms with Gasteiger partial charge in [0.25, 0.3) is 0 Å². The van der Waals surface area contributed by atoms with Crippen molar-refractivity contribution in [2.75, 3.05) is 0 Å². The highest BCUT2D eigenvalue weighted by Gasteiger charge is 2.49. The smallest absolute Gasteiger partial charge is 0.347 e. The number of hydrogen-bond donors (Lipinski definition) is 2. The molecule has 138 valence electrons. The fourth-order valence-corrected chi connectivity index (χ4v) is 4.18. The van der Waals surface area contributed by atoms with Gasteiger partial charge in [0.15, 0.2) is 0 Å². The fraction of sp³-hybridized carbons (Fsp3) is 0.389. The zero-order valence-corrected chi connectivity index (χ0v) is 15.1. The average Bonchev–Trinajstić information content (AvgIpc) is 2.91. The van der Waals surface area contributed by atoms with Crippen LogP contribution in [0, 0.1) is 18.6 Å². The van der Waals surface area contributed by atoms with E-state index < -0.39 is 35.0 Å². The molecule has 1 aliphatic rings. The molecule has 1 aromatic carbocycles. The van der Waals surface area contributed by atoms with Gasteiger partial charge in [-0.15, -0.1) is 11.3 Å². The number of aryl methyl sites for hydroxylation is 1. The van der Waals surface area contributed by atoms with Crippen molar-refractivity contribution in [2.45, 2.75) is 44.6 Å². The normalized spacial score (nSPS) is 16.6. The number of benzene rings is 1. The Morgan fingerprint density at radius 1 is 1.31 bits per heavy atom. The minimum Gasteiger partial charge on any atom is -0.477 e. The number of thiazole rings is 1. The Morgan fingerprint density at radius 3 is 2.38 bits per heavy atom. The van der Waals surface area contributed by atoms with Crippen LogP contribution >= 0.6 is 11.3 Å². The number of rotatable bonds is 5. The molecule has 2 aromatic rings. The molecule has 1 heterocycles. The minimum absolute atomic E-state index is 0.111. The first-order valence-corrected chi connectivity index (χ1v) is 9.04. The number of carbonyl (C=O) groups excluding carboxylic acids is 1. The Kier molecular flexibility index (Phi) is 4.79. The number of aromatic carboxylic acids is 1. The maximum absolute atomic E-state index is 14.2. The molecule has 1 saturated carbocycles. The SMILES string of the molecule is Cc1nc(C(C)NC(=O)C2(c3c(F)cccc3F)CCC2)sc1C(=O)O. The van der Waals surface area contributed by atoms with Crippen molar-refractivity contribution >= 4 is 23.2 Å². The summed E-state index contributed by atoms with van der Waals surface area (Å²) < 4.78 is 28.5. The van der Waals surface area contributed by atoms with Gasteiger partial charge in [0.1, 0.15) is 21.5 Å². The van der Waals surface area contributed by atoms with Crippen molar-refractivity contribution in [3.8, 4) is 0 Å². The summed E-state index contributed by atoms with van der Waals surface area (Å²) in [5, 5.41) is 12.3. The molecule has 0 aliphatic heterocycles. The number of nitrogens with one attached hydrogen (secondary N) is 1. The Labute approximate surface area is 153 Å². The van der Waals surface area contributed by atoms with E-state index in [4.69, 9.17) is 5.11 Å². The molecule has 2 N–H and O–H groups in total. The van der Waals surface area contributed by atoms with Gasteiger partial charge < -0.3 is 10.4 Å². The van der Waals surface area contributed by atoms with Crippen molar-refractivity contribution in [1.82, 2.24) is 10.3 Å². The van der Waals surface area contributed by atoms with Gasteiger partial charge in [0.2, 0.25) is 5.91 Å². The first-order valence-electron chi connectivity index (χ1n) is 8.22. The van der Waals surface area contributed by atoms with E-state index in [1.54, 1.807) is 13.8 Å². The van der Waals surface area contributed by atoms with Crippen molar-refractivity contribution in [3.63, 3.8) is 0 Å². The molecular formula is C18H18F2N2O3S. The van der Waals surface area contributed by atoms with Gasteiger partial charge in [0.05, 0.1) is 17.2 Å². The molecule has 1 amide bonds. The van der Waals surface area contributed by atoms with Gasteiger partial charge in [-0.3, -0.25) is 4.79 Å². The monoisotopic (exact) mass is 380 g/mol. The molecule has 1 unspecified atom stereocenters. The number of carboxylic acid groups (broad SMARTS) is 1. The van der Waals surface area contributed by atoms with Gasteiger partial charge in [-0.25, -0.2) is 18.6 Å². The van der Waals surface area contributed by atoms with E-state index in [9.17, 15) is 18.4 Å². The van der Waals surface area contributed by atoms with Crippen LogP contribution in [-0.4, -0.2) is 22.0 Å². The number of amides is 1. The first-order chi connectivity index (χ1) is 12.3. The summed E-state index contributed by atoms with van der Waals surface area (Å²) in [7, 11) is 0. The Bertz CT molecular complexity index is 857. The predicted molar refractivity (Wildman–Crippen MR) is 92.3 cm³/mol. The topological polar surface area (TPSA) is 79.3 Å². The molecule has 0 saturated heterocycles. The van der Waals surface area contributed by atoms with Gasteiger partial charge in [-0.2, -0.15) is 0 Å². The lowest BCUT2D eigenvalue weighted by molar-refractivity contribution is -0.131. The van der Waals surface area contributed by atoms with Crippen LogP contribution in [0.4, 0.5) is 8.78 Å². The average molecular weight is 380 g/mol. The molecule has 0 spiro atoms. The van der Waals surface area contributed by atoms with Crippen molar-refractivity contribution in [1.29, 1.82) is 0 Å². The molecule has 1 aliphatic carbocycles. The highest BCUT2D eigenvalue weighted by atomic mass is 32.1. The van der Waals surface area contributed by atoms with E-state index in [0.29, 0.717) is 30.0 Å². The summed E-state index contributed by atoms with van der Waals surface area (Å²) in [6.07, 6.45) is 1.43. The van der Waals surface area contributed by atoms with Gasteiger partial charge in [0, 0.05) is 5.56 Å². The predicted octanol–water partition coefficient (Wildman–Crippen LogP) is 3.73. The molecule has 26 heavy (non-hydrogen) atoms. The largest absolute Gasteiger partial charge is 0.477 e. The second kappa shape index (κ2) is 6.75. The van der Waals surface area contributed by atoms with Crippen molar-refractivity contribution < 1.29 is 23.5 Å². The van der Waals surface area contributed by atoms with Crippen molar-refractivity contribution in [2.24, 2.45) is 0 Å². The lowest BCUT2D eigenvalue weighted by Crippen LogP contribution is -2.50. The number of nitrogens with zero attached hydrogens (tertiary/aromatic N) is 1. The molecule has 0 radical (unpaired) electrons. The number of aromatic nitrogens is 1.